The van der Waals surface area contributed by atoms with Crippen LogP contribution in [0.2, 0.25) is 0 Å². The number of rotatable bonds is 5. The lowest BCUT2D eigenvalue weighted by molar-refractivity contribution is 0.409. The Labute approximate surface area is 119 Å². The molecule has 19 heavy (non-hydrogen) atoms. The van der Waals surface area contributed by atoms with Crippen LogP contribution < -0.4 is 10.5 Å². The molecule has 0 aliphatic heterocycles. The molecule has 0 amide bonds. The molecule has 0 saturated carbocycles. The van der Waals surface area contributed by atoms with E-state index < -0.39 is 0 Å². The predicted octanol–water partition coefficient (Wildman–Crippen LogP) is 3.75. The van der Waals surface area contributed by atoms with Crippen LogP contribution in [0.3, 0.4) is 0 Å². The molecule has 2 aromatic carbocycles. The zero-order chi connectivity index (χ0) is 13.7. The minimum Gasteiger partial charge on any atom is -0.496 e. The van der Waals surface area contributed by atoms with E-state index in [0.717, 1.165) is 17.1 Å². The minimum atomic E-state index is 0.506. The number of nitrogens with two attached hydrogens (primary N) is 1. The van der Waals surface area contributed by atoms with E-state index >= 15 is 0 Å². The van der Waals surface area contributed by atoms with E-state index in [1.807, 2.05) is 17.8 Å². The molecule has 0 aromatic heterocycles. The van der Waals surface area contributed by atoms with Crippen LogP contribution in [0.5, 0.6) is 5.75 Å². The van der Waals surface area contributed by atoms with E-state index in [1.54, 1.807) is 7.11 Å². The Morgan fingerprint density at radius 1 is 1.16 bits per heavy atom. The molecule has 2 N–H and O–H groups in total. The van der Waals surface area contributed by atoms with Crippen LogP contribution in [0.4, 0.5) is 0 Å². The van der Waals surface area contributed by atoms with Crippen molar-refractivity contribution < 1.29 is 4.74 Å². The predicted molar refractivity (Wildman–Crippen MR) is 81.6 cm³/mol. The zero-order valence-electron chi connectivity index (χ0n) is 11.3. The summed E-state index contributed by atoms with van der Waals surface area (Å²) in [5, 5.41) is 0. The first-order valence-corrected chi connectivity index (χ1v) is 7.27. The lowest BCUT2D eigenvalue weighted by atomic mass is 10.1. The fraction of sp³-hybridized carbons (Fsp3) is 0.250. The minimum absolute atomic E-state index is 0.506. The van der Waals surface area contributed by atoms with Gasteiger partial charge in [0.15, 0.2) is 0 Å². The van der Waals surface area contributed by atoms with Gasteiger partial charge in [-0.05, 0) is 36.8 Å². The molecule has 100 valence electrons. The van der Waals surface area contributed by atoms with Crippen molar-refractivity contribution in [1.82, 2.24) is 0 Å². The van der Waals surface area contributed by atoms with E-state index in [9.17, 15) is 0 Å². The van der Waals surface area contributed by atoms with Gasteiger partial charge in [-0.2, -0.15) is 0 Å². The number of hydrogen-bond donors (Lipinski definition) is 1. The summed E-state index contributed by atoms with van der Waals surface area (Å²) >= 11 is 1.84. The van der Waals surface area contributed by atoms with Gasteiger partial charge in [-0.3, -0.25) is 0 Å². The van der Waals surface area contributed by atoms with Crippen LogP contribution in [0, 0.1) is 6.92 Å². The lowest BCUT2D eigenvalue weighted by Gasteiger charge is -2.09. The molecule has 0 spiro atoms. The van der Waals surface area contributed by atoms with Crippen molar-refractivity contribution in [2.24, 2.45) is 5.73 Å². The zero-order valence-corrected chi connectivity index (χ0v) is 12.2. The fourth-order valence-electron chi connectivity index (χ4n) is 1.95. The van der Waals surface area contributed by atoms with Gasteiger partial charge in [-0.1, -0.05) is 23.8 Å². The third-order valence-corrected chi connectivity index (χ3v) is 4.02. The second kappa shape index (κ2) is 6.64. The molecule has 0 atom stereocenters. The van der Waals surface area contributed by atoms with E-state index in [1.165, 1.54) is 16.0 Å². The van der Waals surface area contributed by atoms with Gasteiger partial charge >= 0.3 is 0 Å². The molecule has 3 heteroatoms. The summed E-state index contributed by atoms with van der Waals surface area (Å²) in [7, 11) is 1.68. The van der Waals surface area contributed by atoms with Crippen molar-refractivity contribution in [1.29, 1.82) is 0 Å². The van der Waals surface area contributed by atoms with Gasteiger partial charge in [0.05, 0.1) is 7.11 Å². The highest BCUT2D eigenvalue weighted by atomic mass is 32.2. The standard InChI is InChI=1S/C16H19NOS/c1-12-4-3-5-15(8-12)19-11-13-6-7-16(18-2)14(9-13)10-17/h3-9H,10-11,17H2,1-2H3. The highest BCUT2D eigenvalue weighted by molar-refractivity contribution is 7.98. The molecule has 2 aromatic rings. The molecule has 0 unspecified atom stereocenters. The summed E-state index contributed by atoms with van der Waals surface area (Å²) in [4.78, 5) is 1.30. The van der Waals surface area contributed by atoms with Gasteiger partial charge in [0.1, 0.15) is 5.75 Å². The molecule has 0 radical (unpaired) electrons. The monoisotopic (exact) mass is 273 g/mol. The first-order valence-electron chi connectivity index (χ1n) is 6.28. The van der Waals surface area contributed by atoms with Crippen LogP contribution in [-0.4, -0.2) is 7.11 Å². The topological polar surface area (TPSA) is 35.2 Å². The third-order valence-electron chi connectivity index (χ3n) is 2.96. The summed E-state index contributed by atoms with van der Waals surface area (Å²) in [5.41, 5.74) is 9.36. The maximum Gasteiger partial charge on any atom is 0.123 e. The quantitative estimate of drug-likeness (QED) is 0.843. The highest BCUT2D eigenvalue weighted by Gasteiger charge is 2.03. The average Bonchev–Trinajstić information content (AvgIpc) is 2.45. The number of ether oxygens (including phenoxy) is 1. The van der Waals surface area contributed by atoms with Crippen LogP contribution in [0.1, 0.15) is 16.7 Å². The van der Waals surface area contributed by atoms with E-state index in [-0.39, 0.29) is 0 Å². The molecular weight excluding hydrogens is 254 g/mol. The van der Waals surface area contributed by atoms with Gasteiger partial charge in [0, 0.05) is 22.8 Å². The highest BCUT2D eigenvalue weighted by Crippen LogP contribution is 2.26. The molecule has 2 nitrogen and oxygen atoms in total. The Hall–Kier alpha value is -1.45. The van der Waals surface area contributed by atoms with E-state index in [0.29, 0.717) is 6.54 Å². The molecule has 0 aliphatic carbocycles. The third kappa shape index (κ3) is 3.75. The SMILES string of the molecule is COc1ccc(CSc2cccc(C)c2)cc1CN. The van der Waals surface area contributed by atoms with Crippen LogP contribution >= 0.6 is 11.8 Å². The molecule has 0 fully saturated rings. The van der Waals surface area contributed by atoms with Crippen molar-refractivity contribution >= 4 is 11.8 Å². The molecule has 0 aliphatic rings. The molecule has 2 rings (SSSR count). The van der Waals surface area contributed by atoms with Crippen molar-refractivity contribution in [2.75, 3.05) is 7.11 Å². The number of thioether (sulfide) groups is 1. The van der Waals surface area contributed by atoms with Gasteiger partial charge in [0.2, 0.25) is 0 Å². The number of benzene rings is 2. The van der Waals surface area contributed by atoms with Crippen molar-refractivity contribution in [3.8, 4) is 5.75 Å². The van der Waals surface area contributed by atoms with E-state index in [4.69, 9.17) is 10.5 Å². The molecule has 0 bridgehead atoms. The number of aryl methyl sites for hydroxylation is 1. The second-order valence-corrected chi connectivity index (χ2v) is 5.50. The lowest BCUT2D eigenvalue weighted by Crippen LogP contribution is -2.00. The van der Waals surface area contributed by atoms with Gasteiger partial charge in [-0.25, -0.2) is 0 Å². The summed E-state index contributed by atoms with van der Waals surface area (Å²) < 4.78 is 5.28. The van der Waals surface area contributed by atoms with Crippen molar-refractivity contribution in [3.05, 3.63) is 59.2 Å². The maximum atomic E-state index is 5.74. The van der Waals surface area contributed by atoms with Gasteiger partial charge in [0.25, 0.3) is 0 Å². The number of hydrogen-bond acceptors (Lipinski definition) is 3. The van der Waals surface area contributed by atoms with Crippen LogP contribution in [0.15, 0.2) is 47.4 Å². The van der Waals surface area contributed by atoms with Gasteiger partial charge in [-0.15, -0.1) is 11.8 Å². The average molecular weight is 273 g/mol. The summed E-state index contributed by atoms with van der Waals surface area (Å²) in [6.07, 6.45) is 0. The van der Waals surface area contributed by atoms with Gasteiger partial charge < -0.3 is 10.5 Å². The summed E-state index contributed by atoms with van der Waals surface area (Å²) in [6, 6.07) is 14.8. The normalized spacial score (nSPS) is 10.5. The Morgan fingerprint density at radius 2 is 2.00 bits per heavy atom. The van der Waals surface area contributed by atoms with Crippen LogP contribution in [0.25, 0.3) is 0 Å². The van der Waals surface area contributed by atoms with Crippen molar-refractivity contribution in [3.63, 3.8) is 0 Å². The number of methoxy groups -OCH3 is 1. The Balaban J connectivity index is 2.07. The second-order valence-electron chi connectivity index (χ2n) is 4.46. The van der Waals surface area contributed by atoms with E-state index in [2.05, 4.69) is 43.3 Å². The first-order chi connectivity index (χ1) is 9.22. The summed E-state index contributed by atoms with van der Waals surface area (Å²) in [6.45, 7) is 2.62. The van der Waals surface area contributed by atoms with Crippen LogP contribution in [-0.2, 0) is 12.3 Å². The molecule has 0 heterocycles. The molecule has 0 saturated heterocycles. The first kappa shape index (κ1) is 14.0. The maximum absolute atomic E-state index is 5.74. The molecular formula is C16H19NOS. The summed E-state index contributed by atoms with van der Waals surface area (Å²) in [5.74, 6) is 1.81. The smallest absolute Gasteiger partial charge is 0.123 e. The van der Waals surface area contributed by atoms with Crippen molar-refractivity contribution in [2.45, 2.75) is 24.1 Å². The Bertz CT molecular complexity index is 554. The fourth-order valence-corrected chi connectivity index (χ4v) is 2.91. The Kier molecular flexibility index (Phi) is 4.88. The Morgan fingerprint density at radius 3 is 2.68 bits per heavy atom. The largest absolute Gasteiger partial charge is 0.496 e.